The van der Waals surface area contributed by atoms with Gasteiger partial charge in [0.1, 0.15) is 12.3 Å². The Balaban J connectivity index is 2.01. The summed E-state index contributed by atoms with van der Waals surface area (Å²) in [4.78, 5) is 19.6. The minimum atomic E-state index is 0.119. The Morgan fingerprint density at radius 2 is 2.22 bits per heavy atom. The van der Waals surface area contributed by atoms with Gasteiger partial charge < -0.3 is 10.1 Å². The first-order valence-corrected chi connectivity index (χ1v) is 6.74. The number of halogens is 1. The lowest BCUT2D eigenvalue weighted by atomic mass is 10.4. The Kier molecular flexibility index (Phi) is 4.66. The molecule has 0 saturated heterocycles. The van der Waals surface area contributed by atoms with E-state index in [4.69, 9.17) is 0 Å². The zero-order valence-electron chi connectivity index (χ0n) is 9.30. The third-order valence-electron chi connectivity index (χ3n) is 2.12. The number of nitrogens with one attached hydrogen (secondary N) is 1. The maximum atomic E-state index is 10.2. The quantitative estimate of drug-likeness (QED) is 0.826. The van der Waals surface area contributed by atoms with Gasteiger partial charge in [0, 0.05) is 17.3 Å². The summed E-state index contributed by atoms with van der Waals surface area (Å²) in [6.45, 7) is 1.17. The number of rotatable bonds is 6. The number of thiophene rings is 1. The number of hydrogen-bond acceptors (Lipinski definition) is 6. The first-order valence-electron chi connectivity index (χ1n) is 5.13. The highest BCUT2D eigenvalue weighted by atomic mass is 79.9. The zero-order chi connectivity index (χ0) is 12.8. The molecule has 5 nitrogen and oxygen atoms in total. The van der Waals surface area contributed by atoms with E-state index in [0.717, 1.165) is 3.79 Å². The molecule has 0 radical (unpaired) electrons. The number of nitrogens with zero attached hydrogens (tertiary/aromatic N) is 2. The molecular formula is C11H10BrN3O2S. The van der Waals surface area contributed by atoms with Crippen molar-refractivity contribution in [3.05, 3.63) is 38.9 Å². The summed E-state index contributed by atoms with van der Waals surface area (Å²) in [5.74, 6) is 0.629. The Bertz CT molecular complexity index is 533. The van der Waals surface area contributed by atoms with Crippen molar-refractivity contribution in [2.75, 3.05) is 5.32 Å². The lowest BCUT2D eigenvalue weighted by Crippen LogP contribution is -2.06. The molecular weight excluding hydrogens is 318 g/mol. The van der Waals surface area contributed by atoms with E-state index in [0.29, 0.717) is 24.5 Å². The fourth-order valence-electron chi connectivity index (χ4n) is 1.35. The summed E-state index contributed by atoms with van der Waals surface area (Å²) < 4.78 is 5.77. The zero-order valence-corrected chi connectivity index (χ0v) is 11.7. The lowest BCUT2D eigenvalue weighted by molar-refractivity contribution is -0.129. The van der Waals surface area contributed by atoms with E-state index in [1.54, 1.807) is 23.7 Å². The average molecular weight is 328 g/mol. The van der Waals surface area contributed by atoms with Crippen LogP contribution in [0.1, 0.15) is 10.6 Å². The molecule has 18 heavy (non-hydrogen) atoms. The largest absolute Gasteiger partial charge is 0.461 e. The first kappa shape index (κ1) is 13.0. The van der Waals surface area contributed by atoms with Crippen LogP contribution in [-0.4, -0.2) is 16.4 Å². The van der Waals surface area contributed by atoms with E-state index in [9.17, 15) is 4.79 Å². The first-order chi connectivity index (χ1) is 8.79. The van der Waals surface area contributed by atoms with Gasteiger partial charge in [0.05, 0.1) is 10.3 Å². The third-order valence-corrected chi connectivity index (χ3v) is 3.74. The molecule has 2 aromatic rings. The molecule has 2 aromatic heterocycles. The van der Waals surface area contributed by atoms with Gasteiger partial charge in [0.25, 0.3) is 6.47 Å². The second-order valence-electron chi connectivity index (χ2n) is 3.32. The summed E-state index contributed by atoms with van der Waals surface area (Å²) in [7, 11) is 0. The van der Waals surface area contributed by atoms with E-state index >= 15 is 0 Å². The number of anilines is 1. The molecule has 0 bridgehead atoms. The Hall–Kier alpha value is -1.47. The highest BCUT2D eigenvalue weighted by Crippen LogP contribution is 2.23. The number of aromatic nitrogens is 2. The van der Waals surface area contributed by atoms with Gasteiger partial charge in [-0.15, -0.1) is 11.3 Å². The maximum absolute atomic E-state index is 10.2. The molecule has 0 aliphatic heterocycles. The molecule has 94 valence electrons. The van der Waals surface area contributed by atoms with E-state index in [1.165, 1.54) is 4.88 Å². The van der Waals surface area contributed by atoms with Gasteiger partial charge in [0.2, 0.25) is 0 Å². The van der Waals surface area contributed by atoms with Crippen LogP contribution in [0, 0.1) is 0 Å². The molecule has 0 saturated carbocycles. The van der Waals surface area contributed by atoms with Crippen molar-refractivity contribution in [1.82, 2.24) is 9.97 Å². The van der Waals surface area contributed by atoms with Gasteiger partial charge in [0.15, 0.2) is 5.82 Å². The standard InChI is InChI=1S/C11H10BrN3O2S/c12-10-2-1-8(18-10)5-15-11-9(6-17-7-16)13-3-4-14-11/h1-4,7H,5-6H2,(H,14,15). The number of carbonyl (C=O) groups is 1. The number of ether oxygens (including phenoxy) is 1. The number of carbonyl (C=O) groups excluding carboxylic acids is 1. The lowest BCUT2D eigenvalue weighted by Gasteiger charge is -2.07. The molecule has 0 spiro atoms. The Morgan fingerprint density at radius 3 is 2.94 bits per heavy atom. The van der Waals surface area contributed by atoms with Crippen LogP contribution in [0.15, 0.2) is 28.3 Å². The highest BCUT2D eigenvalue weighted by molar-refractivity contribution is 9.11. The van der Waals surface area contributed by atoms with Gasteiger partial charge in [-0.05, 0) is 28.1 Å². The van der Waals surface area contributed by atoms with Crippen molar-refractivity contribution in [2.45, 2.75) is 13.2 Å². The van der Waals surface area contributed by atoms with Crippen molar-refractivity contribution >= 4 is 39.6 Å². The van der Waals surface area contributed by atoms with Crippen molar-refractivity contribution < 1.29 is 9.53 Å². The van der Waals surface area contributed by atoms with Gasteiger partial charge >= 0.3 is 0 Å². The summed E-state index contributed by atoms with van der Waals surface area (Å²) in [5, 5.41) is 3.17. The fourth-order valence-corrected chi connectivity index (χ4v) is 2.77. The molecule has 0 fully saturated rings. The van der Waals surface area contributed by atoms with Crippen LogP contribution in [0.2, 0.25) is 0 Å². The van der Waals surface area contributed by atoms with Crippen LogP contribution >= 0.6 is 27.3 Å². The molecule has 7 heteroatoms. The second kappa shape index (κ2) is 6.46. The molecule has 0 unspecified atom stereocenters. The van der Waals surface area contributed by atoms with Crippen molar-refractivity contribution in [3.8, 4) is 0 Å². The van der Waals surface area contributed by atoms with Crippen LogP contribution in [0.4, 0.5) is 5.82 Å². The molecule has 0 aromatic carbocycles. The smallest absolute Gasteiger partial charge is 0.293 e. The van der Waals surface area contributed by atoms with Gasteiger partial charge in [-0.2, -0.15) is 0 Å². The molecule has 2 rings (SSSR count). The van der Waals surface area contributed by atoms with Crippen molar-refractivity contribution in [3.63, 3.8) is 0 Å². The van der Waals surface area contributed by atoms with Crippen LogP contribution < -0.4 is 5.32 Å². The van der Waals surface area contributed by atoms with E-state index < -0.39 is 0 Å². The Morgan fingerprint density at radius 1 is 1.39 bits per heavy atom. The molecule has 1 N–H and O–H groups in total. The van der Waals surface area contributed by atoms with Crippen LogP contribution in [0.25, 0.3) is 0 Å². The van der Waals surface area contributed by atoms with Gasteiger partial charge in [-0.3, -0.25) is 9.78 Å². The van der Waals surface area contributed by atoms with Crippen LogP contribution in [0.3, 0.4) is 0 Å². The topological polar surface area (TPSA) is 64.1 Å². The summed E-state index contributed by atoms with van der Waals surface area (Å²) in [6.07, 6.45) is 3.16. The fraction of sp³-hybridized carbons (Fsp3) is 0.182. The predicted molar refractivity (Wildman–Crippen MR) is 72.2 cm³/mol. The third kappa shape index (κ3) is 3.51. The molecule has 0 atom stereocenters. The molecule has 2 heterocycles. The normalized spacial score (nSPS) is 10.1. The van der Waals surface area contributed by atoms with E-state index in [2.05, 4.69) is 36.0 Å². The summed E-state index contributed by atoms with van der Waals surface area (Å²) in [5.41, 5.74) is 0.611. The van der Waals surface area contributed by atoms with Gasteiger partial charge in [-0.1, -0.05) is 0 Å². The molecule has 0 aliphatic carbocycles. The highest BCUT2D eigenvalue weighted by Gasteiger charge is 2.05. The van der Waals surface area contributed by atoms with Crippen molar-refractivity contribution in [2.24, 2.45) is 0 Å². The average Bonchev–Trinajstić information content (AvgIpc) is 2.81. The van der Waals surface area contributed by atoms with E-state index in [-0.39, 0.29) is 6.61 Å². The summed E-state index contributed by atoms with van der Waals surface area (Å²) >= 11 is 5.06. The maximum Gasteiger partial charge on any atom is 0.293 e. The minimum absolute atomic E-state index is 0.119. The van der Waals surface area contributed by atoms with Crippen molar-refractivity contribution in [1.29, 1.82) is 0 Å². The minimum Gasteiger partial charge on any atom is -0.461 e. The monoisotopic (exact) mass is 327 g/mol. The molecule has 0 aliphatic rings. The predicted octanol–water partition coefficient (Wildman–Crippen LogP) is 2.59. The molecule has 0 amide bonds. The SMILES string of the molecule is O=COCc1nccnc1NCc1ccc(Br)s1. The van der Waals surface area contributed by atoms with Crippen LogP contribution in [-0.2, 0) is 22.7 Å². The Labute approximate surface area is 116 Å². The van der Waals surface area contributed by atoms with E-state index in [1.807, 2.05) is 12.1 Å². The number of hydrogen-bond donors (Lipinski definition) is 1. The van der Waals surface area contributed by atoms with Gasteiger partial charge in [-0.25, -0.2) is 4.98 Å². The summed E-state index contributed by atoms with van der Waals surface area (Å²) in [6, 6.07) is 4.02. The second-order valence-corrected chi connectivity index (χ2v) is 5.87. The van der Waals surface area contributed by atoms with Crippen LogP contribution in [0.5, 0.6) is 0 Å².